The minimum atomic E-state index is -3.23. The van der Waals surface area contributed by atoms with Gasteiger partial charge in [0.25, 0.3) is 0 Å². The Morgan fingerprint density at radius 3 is 2.25 bits per heavy atom. The van der Waals surface area contributed by atoms with Crippen molar-refractivity contribution in [3.8, 4) is 11.5 Å². The van der Waals surface area contributed by atoms with Crippen molar-refractivity contribution < 1.29 is 13.2 Å². The van der Waals surface area contributed by atoms with E-state index in [9.17, 15) is 8.42 Å². The van der Waals surface area contributed by atoms with Gasteiger partial charge in [-0.05, 0) is 42.8 Å². The van der Waals surface area contributed by atoms with Gasteiger partial charge in [0.1, 0.15) is 11.5 Å². The molecule has 2 aromatic rings. The van der Waals surface area contributed by atoms with Crippen molar-refractivity contribution in [1.29, 1.82) is 0 Å². The summed E-state index contributed by atoms with van der Waals surface area (Å²) in [6, 6.07) is 13.8. The highest BCUT2D eigenvalue weighted by molar-refractivity contribution is 7.90. The monoisotopic (exact) mass is 291 g/mol. The number of rotatable bonds is 4. The summed E-state index contributed by atoms with van der Waals surface area (Å²) < 4.78 is 28.6. The van der Waals surface area contributed by atoms with E-state index in [2.05, 4.69) is 0 Å². The van der Waals surface area contributed by atoms with Crippen molar-refractivity contribution in [3.63, 3.8) is 0 Å². The lowest BCUT2D eigenvalue weighted by Gasteiger charge is -2.09. The predicted molar refractivity (Wildman–Crippen MR) is 78.7 cm³/mol. The van der Waals surface area contributed by atoms with E-state index < -0.39 is 9.84 Å². The molecule has 0 saturated carbocycles. The third kappa shape index (κ3) is 3.59. The first-order valence-electron chi connectivity index (χ1n) is 6.20. The zero-order chi connectivity index (χ0) is 14.8. The predicted octanol–water partition coefficient (Wildman–Crippen LogP) is 2.90. The average Bonchev–Trinajstić information content (AvgIpc) is 2.38. The van der Waals surface area contributed by atoms with E-state index in [4.69, 9.17) is 10.5 Å². The number of nitrogens with two attached hydrogens (primary N) is 1. The molecule has 0 saturated heterocycles. The fourth-order valence-electron chi connectivity index (χ4n) is 1.74. The summed E-state index contributed by atoms with van der Waals surface area (Å²) in [4.78, 5) is 0.238. The smallest absolute Gasteiger partial charge is 0.175 e. The summed E-state index contributed by atoms with van der Waals surface area (Å²) in [5.41, 5.74) is 6.79. The van der Waals surface area contributed by atoms with Crippen LogP contribution in [0.3, 0.4) is 0 Å². The summed E-state index contributed by atoms with van der Waals surface area (Å²) in [5, 5.41) is 0. The fraction of sp³-hybridized carbons (Fsp3) is 0.200. The van der Waals surface area contributed by atoms with Crippen LogP contribution in [-0.4, -0.2) is 14.7 Å². The van der Waals surface area contributed by atoms with Crippen molar-refractivity contribution >= 4 is 9.84 Å². The number of hydrogen-bond donors (Lipinski definition) is 1. The second-order valence-corrected chi connectivity index (χ2v) is 6.72. The van der Waals surface area contributed by atoms with Crippen molar-refractivity contribution in [2.75, 3.05) is 6.26 Å². The molecular formula is C15H17NO3S. The molecule has 0 aliphatic heterocycles. The molecule has 0 bridgehead atoms. The Balaban J connectivity index is 2.22. The van der Waals surface area contributed by atoms with Gasteiger partial charge in [-0.2, -0.15) is 0 Å². The highest BCUT2D eigenvalue weighted by Gasteiger charge is 2.08. The first-order valence-corrected chi connectivity index (χ1v) is 8.09. The van der Waals surface area contributed by atoms with Crippen LogP contribution in [0, 0.1) is 0 Å². The van der Waals surface area contributed by atoms with E-state index in [0.29, 0.717) is 11.5 Å². The third-order valence-corrected chi connectivity index (χ3v) is 3.99. The molecule has 1 atom stereocenters. The molecule has 0 aliphatic carbocycles. The Labute approximate surface area is 119 Å². The third-order valence-electron chi connectivity index (χ3n) is 2.88. The minimum absolute atomic E-state index is 0.0300. The summed E-state index contributed by atoms with van der Waals surface area (Å²) in [5.74, 6) is 1.13. The van der Waals surface area contributed by atoms with Gasteiger partial charge in [-0.3, -0.25) is 0 Å². The lowest BCUT2D eigenvalue weighted by atomic mass is 10.1. The number of benzene rings is 2. The summed E-state index contributed by atoms with van der Waals surface area (Å²) in [6.07, 6.45) is 1.17. The van der Waals surface area contributed by atoms with E-state index in [0.717, 1.165) is 5.56 Å². The number of hydrogen-bond acceptors (Lipinski definition) is 4. The molecular weight excluding hydrogens is 274 g/mol. The number of sulfone groups is 1. The van der Waals surface area contributed by atoms with Gasteiger partial charge < -0.3 is 10.5 Å². The highest BCUT2D eigenvalue weighted by atomic mass is 32.2. The van der Waals surface area contributed by atoms with Gasteiger partial charge in [0, 0.05) is 12.3 Å². The van der Waals surface area contributed by atoms with Gasteiger partial charge in [-0.1, -0.05) is 18.2 Å². The van der Waals surface area contributed by atoms with Gasteiger partial charge in [0.2, 0.25) is 0 Å². The lowest BCUT2D eigenvalue weighted by molar-refractivity contribution is 0.480. The highest BCUT2D eigenvalue weighted by Crippen LogP contribution is 2.25. The van der Waals surface area contributed by atoms with E-state index in [1.165, 1.54) is 12.3 Å². The SMILES string of the molecule is CC(N)c1ccc(Oc2cccc(S(C)(=O)=O)c2)cc1. The van der Waals surface area contributed by atoms with Crippen LogP contribution in [0.5, 0.6) is 11.5 Å². The molecule has 106 valence electrons. The normalized spacial score (nSPS) is 12.9. The average molecular weight is 291 g/mol. The molecule has 4 nitrogen and oxygen atoms in total. The van der Waals surface area contributed by atoms with Gasteiger partial charge >= 0.3 is 0 Å². The second kappa shape index (κ2) is 5.64. The maximum Gasteiger partial charge on any atom is 0.175 e. The quantitative estimate of drug-likeness (QED) is 0.940. The summed E-state index contributed by atoms with van der Waals surface area (Å²) >= 11 is 0. The van der Waals surface area contributed by atoms with E-state index in [-0.39, 0.29) is 10.9 Å². The maximum absolute atomic E-state index is 11.5. The Morgan fingerprint density at radius 2 is 1.70 bits per heavy atom. The zero-order valence-electron chi connectivity index (χ0n) is 11.4. The Morgan fingerprint density at radius 1 is 1.05 bits per heavy atom. The molecule has 0 amide bonds. The molecule has 0 radical (unpaired) electrons. The Kier molecular flexibility index (Phi) is 4.11. The first kappa shape index (κ1) is 14.6. The van der Waals surface area contributed by atoms with Crippen LogP contribution in [-0.2, 0) is 9.84 Å². The standard InChI is InChI=1S/C15H17NO3S/c1-11(16)12-6-8-13(9-7-12)19-14-4-3-5-15(10-14)20(2,17)18/h3-11H,16H2,1-2H3. The van der Waals surface area contributed by atoms with Crippen LogP contribution in [0.1, 0.15) is 18.5 Å². The molecule has 2 rings (SSSR count). The molecule has 0 heterocycles. The van der Waals surface area contributed by atoms with Crippen molar-refractivity contribution in [2.24, 2.45) is 5.73 Å². The Hall–Kier alpha value is -1.85. The topological polar surface area (TPSA) is 69.4 Å². The van der Waals surface area contributed by atoms with Crippen LogP contribution >= 0.6 is 0 Å². The zero-order valence-corrected chi connectivity index (χ0v) is 12.2. The van der Waals surface area contributed by atoms with E-state index >= 15 is 0 Å². The fourth-order valence-corrected chi connectivity index (χ4v) is 2.40. The Bertz CT molecular complexity index is 691. The molecule has 1 unspecified atom stereocenters. The summed E-state index contributed by atoms with van der Waals surface area (Å²) in [7, 11) is -3.23. The van der Waals surface area contributed by atoms with Crippen LogP contribution in [0.2, 0.25) is 0 Å². The molecule has 2 N–H and O–H groups in total. The van der Waals surface area contributed by atoms with Crippen LogP contribution in [0.15, 0.2) is 53.4 Å². The van der Waals surface area contributed by atoms with Gasteiger partial charge in [-0.25, -0.2) is 8.42 Å². The molecule has 5 heteroatoms. The molecule has 0 aromatic heterocycles. The number of ether oxygens (including phenoxy) is 1. The summed E-state index contributed by atoms with van der Waals surface area (Å²) in [6.45, 7) is 1.91. The molecule has 0 aliphatic rings. The van der Waals surface area contributed by atoms with Gasteiger partial charge in [0.05, 0.1) is 4.90 Å². The van der Waals surface area contributed by atoms with Crippen molar-refractivity contribution in [1.82, 2.24) is 0 Å². The first-order chi connectivity index (χ1) is 9.36. The van der Waals surface area contributed by atoms with Crippen molar-refractivity contribution in [3.05, 3.63) is 54.1 Å². The van der Waals surface area contributed by atoms with Crippen molar-refractivity contribution in [2.45, 2.75) is 17.9 Å². The molecule has 20 heavy (non-hydrogen) atoms. The van der Waals surface area contributed by atoms with Crippen LogP contribution < -0.4 is 10.5 Å². The van der Waals surface area contributed by atoms with Crippen LogP contribution in [0.25, 0.3) is 0 Å². The molecule has 0 fully saturated rings. The van der Waals surface area contributed by atoms with Gasteiger partial charge in [-0.15, -0.1) is 0 Å². The molecule has 2 aromatic carbocycles. The minimum Gasteiger partial charge on any atom is -0.457 e. The van der Waals surface area contributed by atoms with E-state index in [1.54, 1.807) is 18.2 Å². The molecule has 0 spiro atoms. The lowest BCUT2D eigenvalue weighted by Crippen LogP contribution is -2.04. The van der Waals surface area contributed by atoms with Gasteiger partial charge in [0.15, 0.2) is 9.84 Å². The maximum atomic E-state index is 11.5. The largest absolute Gasteiger partial charge is 0.457 e. The van der Waals surface area contributed by atoms with Crippen LogP contribution in [0.4, 0.5) is 0 Å². The van der Waals surface area contributed by atoms with E-state index in [1.807, 2.05) is 31.2 Å². The second-order valence-electron chi connectivity index (χ2n) is 4.71.